The normalized spacial score (nSPS) is 20.7. The first-order valence-corrected chi connectivity index (χ1v) is 11.7. The molecule has 1 aromatic carbocycles. The first-order valence-electron chi connectivity index (χ1n) is 10.2. The number of likely N-dealkylation sites (tertiary alicyclic amines) is 1. The zero-order chi connectivity index (χ0) is 25.7. The van der Waals surface area contributed by atoms with E-state index in [0.29, 0.717) is 12.1 Å². The fourth-order valence-electron chi connectivity index (χ4n) is 4.03. The number of likely N-dealkylation sites (N-methyl/N-ethyl adjacent to an activating group) is 1. The van der Waals surface area contributed by atoms with Crippen molar-refractivity contribution < 1.29 is 40.7 Å². The number of ether oxygens (including phenoxy) is 1. The molecular weight excluding hydrogens is 495 g/mol. The molecule has 2 atom stereocenters. The SMILES string of the molecule is CNC(=O)C(=O)N1C[C@H]2COc3c(cn(C)c3C(=O)Nc3cc(F)c(F)c(F)c3)S(=O)(=O)N[C@H]2C1. The van der Waals surface area contributed by atoms with E-state index in [1.54, 1.807) is 0 Å². The van der Waals surface area contributed by atoms with Gasteiger partial charge in [0.05, 0.1) is 6.61 Å². The number of halogens is 3. The number of amides is 3. The number of aryl methyl sites for hydroxylation is 1. The van der Waals surface area contributed by atoms with E-state index in [1.165, 1.54) is 19.0 Å². The Morgan fingerprint density at radius 2 is 1.80 bits per heavy atom. The standard InChI is InChI=1S/C20H20F3N5O6S/c1-24-19(30)20(31)28-5-9-8-34-17-14(35(32,33)26-13(9)6-28)7-27(2)16(17)18(29)25-10-3-11(21)15(23)12(22)4-10/h3-4,7,9,13,26H,5-6,8H2,1-2H3,(H,24,30)(H,25,29)/t9-,13-/m0/s1. The Morgan fingerprint density at radius 3 is 2.43 bits per heavy atom. The maximum Gasteiger partial charge on any atom is 0.311 e. The molecule has 2 aliphatic heterocycles. The molecule has 35 heavy (non-hydrogen) atoms. The Kier molecular flexibility index (Phi) is 6.23. The van der Waals surface area contributed by atoms with E-state index in [-0.39, 0.29) is 36.0 Å². The van der Waals surface area contributed by atoms with Gasteiger partial charge in [-0.1, -0.05) is 0 Å². The van der Waals surface area contributed by atoms with Gasteiger partial charge in [-0.3, -0.25) is 14.4 Å². The summed E-state index contributed by atoms with van der Waals surface area (Å²) in [6, 6.07) is 0.399. The predicted octanol–water partition coefficient (Wildman–Crippen LogP) is -0.0616. The van der Waals surface area contributed by atoms with Crippen LogP contribution in [0.3, 0.4) is 0 Å². The Balaban J connectivity index is 1.63. The van der Waals surface area contributed by atoms with Gasteiger partial charge in [0.2, 0.25) is 10.0 Å². The van der Waals surface area contributed by atoms with Crippen molar-refractivity contribution in [3.8, 4) is 5.75 Å². The van der Waals surface area contributed by atoms with Crippen molar-refractivity contribution in [2.45, 2.75) is 10.9 Å². The highest BCUT2D eigenvalue weighted by molar-refractivity contribution is 7.89. The monoisotopic (exact) mass is 515 g/mol. The van der Waals surface area contributed by atoms with Gasteiger partial charge in [-0.2, -0.15) is 0 Å². The number of benzene rings is 1. The zero-order valence-electron chi connectivity index (χ0n) is 18.4. The van der Waals surface area contributed by atoms with Crippen LogP contribution in [-0.4, -0.2) is 68.4 Å². The highest BCUT2D eigenvalue weighted by atomic mass is 32.2. The topological polar surface area (TPSA) is 139 Å². The van der Waals surface area contributed by atoms with Crippen LogP contribution in [0.5, 0.6) is 5.75 Å². The van der Waals surface area contributed by atoms with Gasteiger partial charge in [0, 0.05) is 63.2 Å². The Bertz CT molecular complexity index is 1320. The molecule has 0 unspecified atom stereocenters. The third kappa shape index (κ3) is 4.43. The summed E-state index contributed by atoms with van der Waals surface area (Å²) in [6.45, 7) is -0.143. The van der Waals surface area contributed by atoms with E-state index in [0.717, 1.165) is 10.8 Å². The van der Waals surface area contributed by atoms with Gasteiger partial charge in [-0.05, 0) is 0 Å². The Labute approximate surface area is 197 Å². The lowest BCUT2D eigenvalue weighted by molar-refractivity contribution is -0.145. The minimum Gasteiger partial charge on any atom is -0.489 e. The second-order valence-corrected chi connectivity index (χ2v) is 9.76. The maximum absolute atomic E-state index is 13.5. The number of carbonyl (C=O) groups is 3. The molecule has 2 aliphatic rings. The van der Waals surface area contributed by atoms with Crippen LogP contribution in [0.2, 0.25) is 0 Å². The minimum absolute atomic E-state index is 0.0251. The molecule has 4 rings (SSSR count). The van der Waals surface area contributed by atoms with E-state index in [1.807, 2.05) is 0 Å². The number of fused-ring (bicyclic) bond motifs is 2. The third-order valence-electron chi connectivity index (χ3n) is 5.75. The second kappa shape index (κ2) is 8.88. The zero-order valence-corrected chi connectivity index (χ0v) is 19.2. The molecule has 0 aliphatic carbocycles. The highest BCUT2D eigenvalue weighted by Crippen LogP contribution is 2.34. The number of sulfonamides is 1. The molecular formula is C20H20F3N5O6S. The Morgan fingerprint density at radius 1 is 1.14 bits per heavy atom. The molecule has 2 aromatic rings. The molecule has 188 valence electrons. The summed E-state index contributed by atoms with van der Waals surface area (Å²) >= 11 is 0. The van der Waals surface area contributed by atoms with Crippen molar-refractivity contribution in [1.29, 1.82) is 0 Å². The Hall–Kier alpha value is -3.59. The lowest BCUT2D eigenvalue weighted by Gasteiger charge is -2.23. The quantitative estimate of drug-likeness (QED) is 0.378. The average molecular weight is 515 g/mol. The van der Waals surface area contributed by atoms with Gasteiger partial charge in [0.1, 0.15) is 4.90 Å². The van der Waals surface area contributed by atoms with Crippen LogP contribution in [-0.2, 0) is 26.7 Å². The first-order chi connectivity index (χ1) is 16.4. The number of hydrogen-bond donors (Lipinski definition) is 3. The molecule has 0 bridgehead atoms. The average Bonchev–Trinajstić information content (AvgIpc) is 3.34. The summed E-state index contributed by atoms with van der Waals surface area (Å²) in [5, 5.41) is 4.41. The van der Waals surface area contributed by atoms with Crippen LogP contribution in [0, 0.1) is 23.4 Å². The fraction of sp³-hybridized carbons (Fsp3) is 0.350. The van der Waals surface area contributed by atoms with Gasteiger partial charge in [0.15, 0.2) is 28.9 Å². The number of anilines is 1. The summed E-state index contributed by atoms with van der Waals surface area (Å²) in [7, 11) is -1.58. The summed E-state index contributed by atoms with van der Waals surface area (Å²) in [5.74, 6) is -8.23. The summed E-state index contributed by atoms with van der Waals surface area (Å²) in [4.78, 5) is 37.6. The molecule has 3 amide bonds. The molecule has 1 aromatic heterocycles. The van der Waals surface area contributed by atoms with E-state index in [9.17, 15) is 36.0 Å². The van der Waals surface area contributed by atoms with Crippen molar-refractivity contribution in [1.82, 2.24) is 19.5 Å². The number of carbonyl (C=O) groups excluding carboxylic acids is 3. The molecule has 3 N–H and O–H groups in total. The third-order valence-corrected chi connectivity index (χ3v) is 7.23. The van der Waals surface area contributed by atoms with E-state index in [4.69, 9.17) is 4.74 Å². The van der Waals surface area contributed by atoms with Crippen LogP contribution in [0.15, 0.2) is 23.2 Å². The smallest absolute Gasteiger partial charge is 0.311 e. The second-order valence-electron chi connectivity index (χ2n) is 8.08. The molecule has 0 saturated carbocycles. The van der Waals surface area contributed by atoms with Gasteiger partial charge in [-0.25, -0.2) is 26.3 Å². The van der Waals surface area contributed by atoms with Gasteiger partial charge >= 0.3 is 11.8 Å². The number of hydrogen-bond acceptors (Lipinski definition) is 6. The predicted molar refractivity (Wildman–Crippen MR) is 113 cm³/mol. The molecule has 15 heteroatoms. The molecule has 1 saturated heterocycles. The number of nitrogens with one attached hydrogen (secondary N) is 3. The number of rotatable bonds is 2. The van der Waals surface area contributed by atoms with Gasteiger partial charge < -0.3 is 24.8 Å². The van der Waals surface area contributed by atoms with E-state index in [2.05, 4.69) is 15.4 Å². The lowest BCUT2D eigenvalue weighted by atomic mass is 10.1. The summed E-state index contributed by atoms with van der Waals surface area (Å²) in [5.41, 5.74) is -0.669. The van der Waals surface area contributed by atoms with Crippen molar-refractivity contribution in [2.24, 2.45) is 13.0 Å². The van der Waals surface area contributed by atoms with Crippen molar-refractivity contribution in [3.63, 3.8) is 0 Å². The summed E-state index contributed by atoms with van der Waals surface area (Å²) in [6.07, 6.45) is 1.13. The van der Waals surface area contributed by atoms with Gasteiger partial charge in [-0.15, -0.1) is 0 Å². The molecule has 3 heterocycles. The molecule has 0 spiro atoms. The number of aromatic nitrogens is 1. The fourth-order valence-corrected chi connectivity index (χ4v) is 5.52. The molecule has 1 fully saturated rings. The molecule has 0 radical (unpaired) electrons. The minimum atomic E-state index is -4.24. The van der Waals surface area contributed by atoms with E-state index < -0.39 is 62.8 Å². The van der Waals surface area contributed by atoms with Gasteiger partial charge in [0.25, 0.3) is 5.91 Å². The largest absolute Gasteiger partial charge is 0.489 e. The van der Waals surface area contributed by atoms with Crippen molar-refractivity contribution >= 4 is 33.4 Å². The molecule has 11 nitrogen and oxygen atoms in total. The first kappa shape index (κ1) is 24.5. The number of nitrogens with zero attached hydrogens (tertiary/aromatic N) is 2. The van der Waals surface area contributed by atoms with Crippen LogP contribution < -0.4 is 20.1 Å². The maximum atomic E-state index is 13.5. The van der Waals surface area contributed by atoms with Crippen LogP contribution >= 0.6 is 0 Å². The highest BCUT2D eigenvalue weighted by Gasteiger charge is 2.43. The summed E-state index contributed by atoms with van der Waals surface area (Å²) < 4.78 is 75.8. The van der Waals surface area contributed by atoms with Crippen LogP contribution in [0.4, 0.5) is 18.9 Å². The van der Waals surface area contributed by atoms with Crippen molar-refractivity contribution in [2.75, 3.05) is 32.1 Å². The van der Waals surface area contributed by atoms with E-state index >= 15 is 0 Å². The van der Waals surface area contributed by atoms with Crippen LogP contribution in [0.1, 0.15) is 10.5 Å². The van der Waals surface area contributed by atoms with Crippen molar-refractivity contribution in [3.05, 3.63) is 41.5 Å². The van der Waals surface area contributed by atoms with Crippen LogP contribution in [0.25, 0.3) is 0 Å². The lowest BCUT2D eigenvalue weighted by Crippen LogP contribution is -2.44.